The molecule has 1 aromatic carbocycles. The van der Waals surface area contributed by atoms with Gasteiger partial charge >= 0.3 is 0 Å². The Hall–Kier alpha value is -0.160. The van der Waals surface area contributed by atoms with E-state index in [9.17, 15) is 8.78 Å². The molecule has 5 heteroatoms. The standard InChI is InChI=1S/C8H6Br2F2O/c9-1-2-13-8-6(11)3-5(10)4-7(8)12/h3-4H,1-2H2. The van der Waals surface area contributed by atoms with Crippen LogP contribution in [0.4, 0.5) is 8.78 Å². The Bertz CT molecular complexity index is 281. The fourth-order valence-electron chi connectivity index (χ4n) is 0.807. The van der Waals surface area contributed by atoms with E-state index in [1.807, 2.05) is 0 Å². The second-order valence-electron chi connectivity index (χ2n) is 2.24. The molecule has 1 rings (SSSR count). The number of hydrogen-bond donors (Lipinski definition) is 0. The lowest BCUT2D eigenvalue weighted by Gasteiger charge is -2.06. The first-order valence-electron chi connectivity index (χ1n) is 3.48. The molecule has 0 aliphatic rings. The average Bonchev–Trinajstić information content (AvgIpc) is 2.02. The smallest absolute Gasteiger partial charge is 0.190 e. The van der Waals surface area contributed by atoms with Gasteiger partial charge in [-0.25, -0.2) is 8.78 Å². The van der Waals surface area contributed by atoms with Crippen LogP contribution >= 0.6 is 31.9 Å². The van der Waals surface area contributed by atoms with Crippen molar-refractivity contribution in [2.24, 2.45) is 0 Å². The van der Waals surface area contributed by atoms with Crippen LogP contribution in [0.1, 0.15) is 0 Å². The Balaban J connectivity index is 2.92. The number of halogens is 4. The van der Waals surface area contributed by atoms with Gasteiger partial charge in [-0.1, -0.05) is 31.9 Å². The largest absolute Gasteiger partial charge is 0.487 e. The van der Waals surface area contributed by atoms with E-state index < -0.39 is 11.6 Å². The fourth-order valence-corrected chi connectivity index (χ4v) is 1.37. The highest BCUT2D eigenvalue weighted by atomic mass is 79.9. The van der Waals surface area contributed by atoms with Gasteiger partial charge in [0.25, 0.3) is 0 Å². The molecule has 72 valence electrons. The summed E-state index contributed by atoms with van der Waals surface area (Å²) in [7, 11) is 0. The quantitative estimate of drug-likeness (QED) is 0.776. The van der Waals surface area contributed by atoms with Crippen LogP contribution in [-0.2, 0) is 0 Å². The lowest BCUT2D eigenvalue weighted by Crippen LogP contribution is -2.02. The fraction of sp³-hybridized carbons (Fsp3) is 0.250. The number of rotatable bonds is 3. The van der Waals surface area contributed by atoms with E-state index in [-0.39, 0.29) is 12.4 Å². The molecule has 0 aliphatic heterocycles. The first-order valence-corrected chi connectivity index (χ1v) is 5.40. The minimum Gasteiger partial charge on any atom is -0.487 e. The Morgan fingerprint density at radius 3 is 2.23 bits per heavy atom. The second-order valence-corrected chi connectivity index (χ2v) is 3.94. The van der Waals surface area contributed by atoms with Gasteiger partial charge in [-0.2, -0.15) is 0 Å². The molecule has 13 heavy (non-hydrogen) atoms. The maximum Gasteiger partial charge on any atom is 0.190 e. The monoisotopic (exact) mass is 314 g/mol. The van der Waals surface area contributed by atoms with Gasteiger partial charge in [0.15, 0.2) is 17.4 Å². The molecule has 0 atom stereocenters. The van der Waals surface area contributed by atoms with Crippen molar-refractivity contribution >= 4 is 31.9 Å². The van der Waals surface area contributed by atoms with Gasteiger partial charge in [-0.05, 0) is 12.1 Å². The molecular formula is C8H6Br2F2O. The molecule has 0 saturated carbocycles. The molecule has 0 spiro atoms. The highest BCUT2D eigenvalue weighted by Crippen LogP contribution is 2.25. The van der Waals surface area contributed by atoms with Crippen LogP contribution in [0.5, 0.6) is 5.75 Å². The average molecular weight is 316 g/mol. The molecule has 0 aromatic heterocycles. The molecule has 1 nitrogen and oxygen atoms in total. The molecule has 0 radical (unpaired) electrons. The molecular weight excluding hydrogens is 310 g/mol. The zero-order chi connectivity index (χ0) is 9.84. The Labute approximate surface area is 91.3 Å². The number of hydrogen-bond acceptors (Lipinski definition) is 1. The summed E-state index contributed by atoms with van der Waals surface area (Å²) in [4.78, 5) is 0. The number of benzene rings is 1. The highest BCUT2D eigenvalue weighted by Gasteiger charge is 2.11. The summed E-state index contributed by atoms with van der Waals surface area (Å²) in [6, 6.07) is 2.32. The summed E-state index contributed by atoms with van der Waals surface area (Å²) in [5.74, 6) is -1.73. The number of alkyl halides is 1. The van der Waals surface area contributed by atoms with Gasteiger partial charge in [-0.15, -0.1) is 0 Å². The highest BCUT2D eigenvalue weighted by molar-refractivity contribution is 9.10. The summed E-state index contributed by atoms with van der Waals surface area (Å²) in [6.07, 6.45) is 0. The number of ether oxygens (including phenoxy) is 1. The summed E-state index contributed by atoms with van der Waals surface area (Å²) in [5, 5.41) is 0.530. The van der Waals surface area contributed by atoms with Gasteiger partial charge in [0.2, 0.25) is 0 Å². The third-order valence-corrected chi connectivity index (χ3v) is 2.07. The normalized spacial score (nSPS) is 10.2. The van der Waals surface area contributed by atoms with Crippen LogP contribution in [0.15, 0.2) is 16.6 Å². The van der Waals surface area contributed by atoms with Crippen molar-refractivity contribution in [3.8, 4) is 5.75 Å². The molecule has 0 unspecified atom stereocenters. The Kier molecular flexibility index (Phi) is 4.12. The molecule has 0 saturated heterocycles. The molecule has 1 aromatic rings. The lowest BCUT2D eigenvalue weighted by atomic mass is 10.3. The summed E-state index contributed by atoms with van der Waals surface area (Å²) >= 11 is 6.06. The Morgan fingerprint density at radius 2 is 1.77 bits per heavy atom. The first kappa shape index (κ1) is 10.9. The van der Waals surface area contributed by atoms with Crippen molar-refractivity contribution in [1.82, 2.24) is 0 Å². The summed E-state index contributed by atoms with van der Waals surface area (Å²) < 4.78 is 31.3. The molecule has 0 N–H and O–H groups in total. The van der Waals surface area contributed by atoms with Gasteiger partial charge in [0.1, 0.15) is 0 Å². The van der Waals surface area contributed by atoms with Gasteiger partial charge in [-0.3, -0.25) is 0 Å². The van der Waals surface area contributed by atoms with Crippen LogP contribution in [0.3, 0.4) is 0 Å². The maximum absolute atomic E-state index is 13.0. The van der Waals surface area contributed by atoms with E-state index in [0.717, 1.165) is 12.1 Å². The minimum absolute atomic E-state index is 0.232. The molecule has 0 heterocycles. The van der Waals surface area contributed by atoms with Gasteiger partial charge in [0, 0.05) is 9.80 Å². The van der Waals surface area contributed by atoms with Crippen molar-refractivity contribution in [1.29, 1.82) is 0 Å². The van der Waals surface area contributed by atoms with Crippen LogP contribution in [0.25, 0.3) is 0 Å². The second kappa shape index (κ2) is 4.91. The Morgan fingerprint density at radius 1 is 1.23 bits per heavy atom. The predicted molar refractivity (Wildman–Crippen MR) is 53.3 cm³/mol. The van der Waals surface area contributed by atoms with Crippen molar-refractivity contribution < 1.29 is 13.5 Å². The van der Waals surface area contributed by atoms with Crippen molar-refractivity contribution in [2.75, 3.05) is 11.9 Å². The summed E-state index contributed by atoms with van der Waals surface area (Å²) in [6.45, 7) is 0.232. The molecule has 0 aliphatic carbocycles. The van der Waals surface area contributed by atoms with Gasteiger partial charge < -0.3 is 4.74 Å². The van der Waals surface area contributed by atoms with Gasteiger partial charge in [0.05, 0.1) is 6.61 Å². The van der Waals surface area contributed by atoms with Crippen LogP contribution in [0, 0.1) is 11.6 Å². The first-order chi connectivity index (χ1) is 6.15. The van der Waals surface area contributed by atoms with Crippen molar-refractivity contribution in [2.45, 2.75) is 0 Å². The van der Waals surface area contributed by atoms with E-state index in [4.69, 9.17) is 4.74 Å². The molecule has 0 fully saturated rings. The molecule has 0 bridgehead atoms. The van der Waals surface area contributed by atoms with E-state index in [1.165, 1.54) is 0 Å². The maximum atomic E-state index is 13.0. The molecule has 0 amide bonds. The zero-order valence-electron chi connectivity index (χ0n) is 6.49. The summed E-state index contributed by atoms with van der Waals surface area (Å²) in [5.41, 5.74) is 0. The SMILES string of the molecule is Fc1cc(Br)cc(F)c1OCCBr. The topological polar surface area (TPSA) is 9.23 Å². The van der Waals surface area contributed by atoms with Crippen molar-refractivity contribution in [3.05, 3.63) is 28.2 Å². The van der Waals surface area contributed by atoms with Crippen LogP contribution in [0.2, 0.25) is 0 Å². The third kappa shape index (κ3) is 2.91. The van der Waals surface area contributed by atoms with E-state index in [1.54, 1.807) is 0 Å². The predicted octanol–water partition coefficient (Wildman–Crippen LogP) is 3.50. The minimum atomic E-state index is -0.701. The van der Waals surface area contributed by atoms with Crippen LogP contribution < -0.4 is 4.74 Å². The van der Waals surface area contributed by atoms with E-state index in [0.29, 0.717) is 9.80 Å². The van der Waals surface area contributed by atoms with Crippen LogP contribution in [-0.4, -0.2) is 11.9 Å². The lowest BCUT2D eigenvalue weighted by molar-refractivity contribution is 0.306. The van der Waals surface area contributed by atoms with Crippen molar-refractivity contribution in [3.63, 3.8) is 0 Å². The third-order valence-electron chi connectivity index (χ3n) is 1.29. The zero-order valence-corrected chi connectivity index (χ0v) is 9.66. The van der Waals surface area contributed by atoms with E-state index in [2.05, 4.69) is 31.9 Å². The van der Waals surface area contributed by atoms with E-state index >= 15 is 0 Å².